The second-order valence-corrected chi connectivity index (χ2v) is 6.36. The molecule has 1 heterocycles. The molecule has 0 bridgehead atoms. The molecule has 0 aliphatic carbocycles. The molecule has 0 aliphatic heterocycles. The van der Waals surface area contributed by atoms with E-state index in [2.05, 4.69) is 4.98 Å². The van der Waals surface area contributed by atoms with E-state index in [4.69, 9.17) is 0 Å². The van der Waals surface area contributed by atoms with E-state index < -0.39 is 11.2 Å². The standard InChI is InChI=1S/C13H12N2O3Se/c1-9-7-15(13(18)14-12(9)17)8-11(16)19-10-5-3-2-4-6-10/h2-7H,8H2,1H3,(H,14,17,18). The van der Waals surface area contributed by atoms with Crippen LogP contribution in [-0.4, -0.2) is 29.2 Å². The topological polar surface area (TPSA) is 71.9 Å². The fourth-order valence-electron chi connectivity index (χ4n) is 1.53. The van der Waals surface area contributed by atoms with E-state index in [1.165, 1.54) is 10.8 Å². The number of aromatic nitrogens is 2. The van der Waals surface area contributed by atoms with Crippen LogP contribution in [0.5, 0.6) is 0 Å². The summed E-state index contributed by atoms with van der Waals surface area (Å²) in [5, 5.41) is 0. The van der Waals surface area contributed by atoms with Crippen LogP contribution in [0.1, 0.15) is 5.56 Å². The number of aromatic amines is 1. The van der Waals surface area contributed by atoms with E-state index >= 15 is 0 Å². The van der Waals surface area contributed by atoms with Crippen LogP contribution >= 0.6 is 0 Å². The van der Waals surface area contributed by atoms with E-state index in [9.17, 15) is 14.4 Å². The maximum atomic E-state index is 11.9. The quantitative estimate of drug-likeness (QED) is 0.764. The molecule has 1 aromatic heterocycles. The second-order valence-electron chi connectivity index (χ2n) is 3.99. The van der Waals surface area contributed by atoms with Gasteiger partial charge in [-0.3, -0.25) is 0 Å². The third kappa shape index (κ3) is 3.53. The summed E-state index contributed by atoms with van der Waals surface area (Å²) >= 11 is -0.329. The van der Waals surface area contributed by atoms with Crippen molar-refractivity contribution in [3.05, 3.63) is 62.9 Å². The average molecular weight is 323 g/mol. The van der Waals surface area contributed by atoms with Crippen LogP contribution in [-0.2, 0) is 11.3 Å². The summed E-state index contributed by atoms with van der Waals surface area (Å²) in [6.07, 6.45) is 1.42. The van der Waals surface area contributed by atoms with Gasteiger partial charge in [0.25, 0.3) is 0 Å². The summed E-state index contributed by atoms with van der Waals surface area (Å²) in [5.74, 6) is 0. The average Bonchev–Trinajstić information content (AvgIpc) is 2.37. The molecule has 0 atom stereocenters. The molecule has 19 heavy (non-hydrogen) atoms. The second kappa shape index (κ2) is 5.82. The number of hydrogen-bond acceptors (Lipinski definition) is 3. The number of carbonyl (C=O) groups is 1. The van der Waals surface area contributed by atoms with Crippen molar-refractivity contribution in [3.63, 3.8) is 0 Å². The Bertz CT molecular complexity index is 704. The summed E-state index contributed by atoms with van der Waals surface area (Å²) < 4.78 is 2.19. The summed E-state index contributed by atoms with van der Waals surface area (Å²) in [4.78, 5) is 36.9. The van der Waals surface area contributed by atoms with Gasteiger partial charge in [-0.25, -0.2) is 0 Å². The van der Waals surface area contributed by atoms with Gasteiger partial charge in [-0.15, -0.1) is 0 Å². The van der Waals surface area contributed by atoms with E-state index in [1.807, 2.05) is 30.3 Å². The van der Waals surface area contributed by atoms with Crippen LogP contribution in [0.15, 0.2) is 46.1 Å². The van der Waals surface area contributed by atoms with Gasteiger partial charge in [0, 0.05) is 0 Å². The molecule has 0 fully saturated rings. The molecule has 6 heteroatoms. The Kier molecular flexibility index (Phi) is 4.14. The molecule has 98 valence electrons. The van der Waals surface area contributed by atoms with Crippen LogP contribution in [0.25, 0.3) is 0 Å². The Balaban J connectivity index is 2.14. The Labute approximate surface area is 115 Å². The zero-order valence-corrected chi connectivity index (χ0v) is 12.0. The third-order valence-corrected chi connectivity index (χ3v) is 4.28. The summed E-state index contributed by atoms with van der Waals surface area (Å²) in [6, 6.07) is 9.42. The molecule has 0 radical (unpaired) electrons. The molecule has 0 spiro atoms. The number of nitrogens with one attached hydrogen (secondary N) is 1. The number of benzene rings is 1. The van der Waals surface area contributed by atoms with Crippen molar-refractivity contribution in [1.29, 1.82) is 0 Å². The minimum atomic E-state index is -0.548. The predicted octanol–water partition coefficient (Wildman–Crippen LogP) is -0.599. The first-order chi connectivity index (χ1) is 9.06. The predicted molar refractivity (Wildman–Crippen MR) is 72.9 cm³/mol. The van der Waals surface area contributed by atoms with E-state index in [0.29, 0.717) is 5.56 Å². The van der Waals surface area contributed by atoms with Crippen molar-refractivity contribution in [2.75, 3.05) is 0 Å². The number of aryl methyl sites for hydroxylation is 1. The fourth-order valence-corrected chi connectivity index (χ4v) is 3.12. The van der Waals surface area contributed by atoms with Crippen molar-refractivity contribution < 1.29 is 4.79 Å². The van der Waals surface area contributed by atoms with Crippen LogP contribution in [0.4, 0.5) is 0 Å². The Morgan fingerprint density at radius 3 is 2.63 bits per heavy atom. The van der Waals surface area contributed by atoms with E-state index in [0.717, 1.165) is 4.46 Å². The van der Waals surface area contributed by atoms with Crippen molar-refractivity contribution in [1.82, 2.24) is 9.55 Å². The Hall–Kier alpha value is -1.91. The molecular weight excluding hydrogens is 311 g/mol. The third-order valence-electron chi connectivity index (χ3n) is 2.46. The molecule has 1 N–H and O–H groups in total. The van der Waals surface area contributed by atoms with Gasteiger partial charge in [-0.05, 0) is 0 Å². The summed E-state index contributed by atoms with van der Waals surface area (Å²) in [6.45, 7) is 1.59. The zero-order chi connectivity index (χ0) is 13.8. The molecule has 0 aliphatic rings. The summed E-state index contributed by atoms with van der Waals surface area (Å²) in [7, 11) is 0. The van der Waals surface area contributed by atoms with Crippen LogP contribution < -0.4 is 15.7 Å². The molecular formula is C13H12N2O3Se. The number of H-pyrrole nitrogens is 1. The van der Waals surface area contributed by atoms with Gasteiger partial charge in [-0.2, -0.15) is 0 Å². The molecule has 0 saturated heterocycles. The van der Waals surface area contributed by atoms with Gasteiger partial charge in [0.15, 0.2) is 0 Å². The molecule has 0 unspecified atom stereocenters. The molecule has 2 rings (SSSR count). The van der Waals surface area contributed by atoms with Crippen molar-refractivity contribution in [2.24, 2.45) is 0 Å². The van der Waals surface area contributed by atoms with Gasteiger partial charge in [-0.1, -0.05) is 0 Å². The molecule has 1 aromatic carbocycles. The normalized spacial score (nSPS) is 10.4. The fraction of sp³-hybridized carbons (Fsp3) is 0.154. The number of rotatable bonds is 4. The first-order valence-corrected chi connectivity index (χ1v) is 7.33. The SMILES string of the molecule is Cc1cn(CC(=O)[Se]c2ccccc2)c(=O)[nH]c1=O. The van der Waals surface area contributed by atoms with Gasteiger partial charge in [0.1, 0.15) is 0 Å². The van der Waals surface area contributed by atoms with Gasteiger partial charge >= 0.3 is 115 Å². The van der Waals surface area contributed by atoms with E-state index in [1.54, 1.807) is 6.92 Å². The van der Waals surface area contributed by atoms with Crippen molar-refractivity contribution in [2.45, 2.75) is 13.5 Å². The zero-order valence-electron chi connectivity index (χ0n) is 10.3. The Morgan fingerprint density at radius 2 is 1.95 bits per heavy atom. The van der Waals surface area contributed by atoms with Crippen molar-refractivity contribution >= 4 is 24.1 Å². The Morgan fingerprint density at radius 1 is 1.26 bits per heavy atom. The van der Waals surface area contributed by atoms with Crippen LogP contribution in [0, 0.1) is 6.92 Å². The van der Waals surface area contributed by atoms with Gasteiger partial charge in [0.05, 0.1) is 0 Å². The molecule has 0 amide bonds. The number of nitrogens with zero attached hydrogens (tertiary/aromatic N) is 1. The molecule has 2 aromatic rings. The number of carbonyl (C=O) groups excluding carboxylic acids is 1. The van der Waals surface area contributed by atoms with E-state index in [-0.39, 0.29) is 26.2 Å². The minimum absolute atomic E-state index is 0.00858. The molecule has 5 nitrogen and oxygen atoms in total. The first kappa shape index (κ1) is 13.5. The van der Waals surface area contributed by atoms with Crippen LogP contribution in [0.3, 0.4) is 0 Å². The van der Waals surface area contributed by atoms with Gasteiger partial charge in [0.2, 0.25) is 0 Å². The monoisotopic (exact) mass is 324 g/mol. The van der Waals surface area contributed by atoms with Gasteiger partial charge < -0.3 is 0 Å². The summed E-state index contributed by atoms with van der Waals surface area (Å²) in [5.41, 5.74) is -0.547. The maximum absolute atomic E-state index is 11.9. The number of hydrogen-bond donors (Lipinski definition) is 1. The van der Waals surface area contributed by atoms with Crippen LogP contribution in [0.2, 0.25) is 0 Å². The first-order valence-electron chi connectivity index (χ1n) is 5.62. The molecule has 0 saturated carbocycles. The van der Waals surface area contributed by atoms with Crippen molar-refractivity contribution in [3.8, 4) is 0 Å².